The Bertz CT molecular complexity index is 952. The van der Waals surface area contributed by atoms with Crippen LogP contribution in [0.2, 0.25) is 0 Å². The molecule has 25 heavy (non-hydrogen) atoms. The standard InChI is InChI=1S/C23H20O2/c1-15(16-7-10-19(25-2)11-8-16)22-13-18(24)14-23-20-6-4-3-5-17(20)9-12-21(22)23/h3-8,10-11,13-14,24H,1,9,12H2,2H3. The summed E-state index contributed by atoms with van der Waals surface area (Å²) in [6.07, 6.45) is 1.97. The van der Waals surface area contributed by atoms with Crippen LogP contribution in [0.25, 0.3) is 16.7 Å². The molecule has 0 spiro atoms. The minimum Gasteiger partial charge on any atom is -0.508 e. The van der Waals surface area contributed by atoms with E-state index in [1.165, 1.54) is 16.7 Å². The highest BCUT2D eigenvalue weighted by atomic mass is 16.5. The number of fused-ring (bicyclic) bond motifs is 3. The zero-order valence-electron chi connectivity index (χ0n) is 14.3. The van der Waals surface area contributed by atoms with E-state index in [0.29, 0.717) is 0 Å². The van der Waals surface area contributed by atoms with Crippen LogP contribution in [0.4, 0.5) is 0 Å². The number of phenols is 1. The maximum atomic E-state index is 10.3. The van der Waals surface area contributed by atoms with Gasteiger partial charge in [-0.15, -0.1) is 0 Å². The second-order valence-corrected chi connectivity index (χ2v) is 6.38. The molecule has 0 fully saturated rings. The number of hydrogen-bond donors (Lipinski definition) is 1. The van der Waals surface area contributed by atoms with Crippen LogP contribution in [0.5, 0.6) is 11.5 Å². The molecular formula is C23H20O2. The molecule has 0 aromatic heterocycles. The Morgan fingerprint density at radius 2 is 1.72 bits per heavy atom. The van der Waals surface area contributed by atoms with Gasteiger partial charge in [0.05, 0.1) is 7.11 Å². The lowest BCUT2D eigenvalue weighted by molar-refractivity contribution is 0.415. The summed E-state index contributed by atoms with van der Waals surface area (Å²) in [7, 11) is 1.66. The van der Waals surface area contributed by atoms with Gasteiger partial charge >= 0.3 is 0 Å². The van der Waals surface area contributed by atoms with E-state index in [2.05, 4.69) is 30.8 Å². The van der Waals surface area contributed by atoms with Crippen LogP contribution in [0, 0.1) is 0 Å². The van der Waals surface area contributed by atoms with Gasteiger partial charge in [-0.1, -0.05) is 43.0 Å². The number of hydrogen-bond acceptors (Lipinski definition) is 2. The maximum absolute atomic E-state index is 10.3. The van der Waals surface area contributed by atoms with E-state index in [4.69, 9.17) is 4.74 Å². The Labute approximate surface area is 148 Å². The van der Waals surface area contributed by atoms with E-state index in [1.54, 1.807) is 7.11 Å². The van der Waals surface area contributed by atoms with Gasteiger partial charge in [0.1, 0.15) is 11.5 Å². The third-order valence-corrected chi connectivity index (χ3v) is 4.95. The maximum Gasteiger partial charge on any atom is 0.118 e. The van der Waals surface area contributed by atoms with Crippen molar-refractivity contribution >= 4 is 5.57 Å². The Kier molecular flexibility index (Phi) is 3.81. The lowest BCUT2D eigenvalue weighted by atomic mass is 9.81. The van der Waals surface area contributed by atoms with Gasteiger partial charge in [0.15, 0.2) is 0 Å². The van der Waals surface area contributed by atoms with Crippen molar-refractivity contribution < 1.29 is 9.84 Å². The summed E-state index contributed by atoms with van der Waals surface area (Å²) in [4.78, 5) is 0. The third kappa shape index (κ3) is 2.70. The molecule has 3 aromatic carbocycles. The summed E-state index contributed by atoms with van der Waals surface area (Å²) < 4.78 is 5.23. The molecule has 0 atom stereocenters. The smallest absolute Gasteiger partial charge is 0.118 e. The SMILES string of the molecule is C=C(c1ccc(OC)cc1)c1cc(O)cc2c1CCc1ccccc1-2. The Morgan fingerprint density at radius 3 is 2.48 bits per heavy atom. The van der Waals surface area contributed by atoms with Gasteiger partial charge < -0.3 is 9.84 Å². The molecule has 124 valence electrons. The van der Waals surface area contributed by atoms with Crippen LogP contribution >= 0.6 is 0 Å². The first kappa shape index (κ1) is 15.5. The molecule has 1 aliphatic carbocycles. The van der Waals surface area contributed by atoms with Crippen LogP contribution in [0.3, 0.4) is 0 Å². The Balaban J connectivity index is 1.84. The molecule has 3 aromatic rings. The summed E-state index contributed by atoms with van der Waals surface area (Å²) in [5.41, 5.74) is 7.91. The van der Waals surface area contributed by atoms with E-state index in [-0.39, 0.29) is 5.75 Å². The molecule has 0 unspecified atom stereocenters. The van der Waals surface area contributed by atoms with E-state index < -0.39 is 0 Å². The van der Waals surface area contributed by atoms with Crippen LogP contribution in [-0.2, 0) is 12.8 Å². The molecule has 4 rings (SSSR count). The van der Waals surface area contributed by atoms with Crippen LogP contribution in [0.15, 0.2) is 67.2 Å². The van der Waals surface area contributed by atoms with E-state index in [9.17, 15) is 5.11 Å². The van der Waals surface area contributed by atoms with Gasteiger partial charge in [-0.2, -0.15) is 0 Å². The molecule has 2 nitrogen and oxygen atoms in total. The van der Waals surface area contributed by atoms with Crippen LogP contribution in [0.1, 0.15) is 22.3 Å². The average molecular weight is 328 g/mol. The molecule has 1 N–H and O–H groups in total. The van der Waals surface area contributed by atoms with Gasteiger partial charge in [0.25, 0.3) is 0 Å². The first-order valence-corrected chi connectivity index (χ1v) is 8.45. The number of rotatable bonds is 3. The highest BCUT2D eigenvalue weighted by Gasteiger charge is 2.21. The Hall–Kier alpha value is -3.00. The van der Waals surface area contributed by atoms with Gasteiger partial charge in [-0.3, -0.25) is 0 Å². The molecule has 0 heterocycles. The minimum atomic E-state index is 0.278. The van der Waals surface area contributed by atoms with Crippen molar-refractivity contribution in [3.05, 3.63) is 89.5 Å². The summed E-state index contributed by atoms with van der Waals surface area (Å²) in [6.45, 7) is 4.30. The molecule has 0 radical (unpaired) electrons. The second-order valence-electron chi connectivity index (χ2n) is 6.38. The number of aromatic hydroxyl groups is 1. The highest BCUT2D eigenvalue weighted by Crippen LogP contribution is 2.40. The van der Waals surface area contributed by atoms with Crippen LogP contribution < -0.4 is 4.74 Å². The minimum absolute atomic E-state index is 0.278. The predicted molar refractivity (Wildman–Crippen MR) is 102 cm³/mol. The molecule has 0 saturated heterocycles. The molecule has 1 aliphatic rings. The molecule has 0 amide bonds. The van der Waals surface area contributed by atoms with Gasteiger partial charge in [0.2, 0.25) is 0 Å². The molecule has 0 bridgehead atoms. The molecule has 2 heteroatoms. The number of phenolic OH excluding ortho intramolecular Hbond substituents is 1. The van der Waals surface area contributed by atoms with E-state index >= 15 is 0 Å². The van der Waals surface area contributed by atoms with Crippen molar-refractivity contribution in [2.75, 3.05) is 7.11 Å². The van der Waals surface area contributed by atoms with Crippen LogP contribution in [-0.4, -0.2) is 12.2 Å². The fourth-order valence-electron chi connectivity index (χ4n) is 3.64. The van der Waals surface area contributed by atoms with Crippen molar-refractivity contribution in [1.82, 2.24) is 0 Å². The summed E-state index contributed by atoms with van der Waals surface area (Å²) in [5, 5.41) is 10.3. The zero-order chi connectivity index (χ0) is 17.4. The van der Waals surface area contributed by atoms with Crippen molar-refractivity contribution in [3.63, 3.8) is 0 Å². The van der Waals surface area contributed by atoms with Gasteiger partial charge in [-0.25, -0.2) is 0 Å². The summed E-state index contributed by atoms with van der Waals surface area (Å²) >= 11 is 0. The Morgan fingerprint density at radius 1 is 0.960 bits per heavy atom. The fourth-order valence-corrected chi connectivity index (χ4v) is 3.64. The highest BCUT2D eigenvalue weighted by molar-refractivity contribution is 5.86. The lowest BCUT2D eigenvalue weighted by Gasteiger charge is -2.24. The monoisotopic (exact) mass is 328 g/mol. The normalized spacial score (nSPS) is 12.2. The number of aryl methyl sites for hydroxylation is 1. The predicted octanol–water partition coefficient (Wildman–Crippen LogP) is 5.23. The number of ether oxygens (including phenoxy) is 1. The third-order valence-electron chi connectivity index (χ3n) is 4.95. The van der Waals surface area contributed by atoms with Crippen molar-refractivity contribution in [2.45, 2.75) is 12.8 Å². The van der Waals surface area contributed by atoms with Crippen molar-refractivity contribution in [1.29, 1.82) is 0 Å². The zero-order valence-corrected chi connectivity index (χ0v) is 14.3. The molecule has 0 saturated carbocycles. The average Bonchev–Trinajstić information content (AvgIpc) is 2.66. The van der Waals surface area contributed by atoms with Crippen molar-refractivity contribution in [2.24, 2.45) is 0 Å². The number of benzene rings is 3. The summed E-state index contributed by atoms with van der Waals surface area (Å²) in [6, 6.07) is 20.0. The first-order valence-electron chi connectivity index (χ1n) is 8.45. The quantitative estimate of drug-likeness (QED) is 0.713. The summed E-state index contributed by atoms with van der Waals surface area (Å²) in [5.74, 6) is 1.10. The largest absolute Gasteiger partial charge is 0.508 e. The van der Waals surface area contributed by atoms with Gasteiger partial charge in [0, 0.05) is 0 Å². The molecular weight excluding hydrogens is 308 g/mol. The topological polar surface area (TPSA) is 29.5 Å². The number of methoxy groups -OCH3 is 1. The van der Waals surface area contributed by atoms with E-state index in [0.717, 1.165) is 40.9 Å². The lowest BCUT2D eigenvalue weighted by Crippen LogP contribution is -2.07. The fraction of sp³-hybridized carbons (Fsp3) is 0.130. The van der Waals surface area contributed by atoms with Crippen molar-refractivity contribution in [3.8, 4) is 22.6 Å². The van der Waals surface area contributed by atoms with Gasteiger partial charge in [-0.05, 0) is 76.1 Å². The first-order chi connectivity index (χ1) is 12.2. The van der Waals surface area contributed by atoms with E-state index in [1.807, 2.05) is 36.4 Å². The second kappa shape index (κ2) is 6.14. The molecule has 0 aliphatic heterocycles.